The molecule has 0 amide bonds. The van der Waals surface area contributed by atoms with E-state index in [1.54, 1.807) is 0 Å². The van der Waals surface area contributed by atoms with Gasteiger partial charge in [0.25, 0.3) is 0 Å². The molecule has 0 aromatic rings. The van der Waals surface area contributed by atoms with Crippen LogP contribution in [0.4, 0.5) is 0 Å². The third-order valence-corrected chi connectivity index (χ3v) is 4.88. The third-order valence-electron chi connectivity index (χ3n) is 4.88. The summed E-state index contributed by atoms with van der Waals surface area (Å²) in [7, 11) is 0. The maximum Gasteiger partial charge on any atom is 0.0100 e. The standard InChI is InChI=1S/C15H29N/c1-3-4-5-8-13-10-11-14-12(2)7-6-9-15(14)16-13/h12-16H,3-11H2,1-2H3. The van der Waals surface area contributed by atoms with E-state index in [-0.39, 0.29) is 0 Å². The highest BCUT2D eigenvalue weighted by atomic mass is 15.0. The van der Waals surface area contributed by atoms with E-state index < -0.39 is 0 Å². The molecule has 1 heterocycles. The van der Waals surface area contributed by atoms with Crippen molar-refractivity contribution >= 4 is 0 Å². The van der Waals surface area contributed by atoms with Crippen LogP contribution < -0.4 is 5.32 Å². The minimum absolute atomic E-state index is 0.845. The molecular weight excluding hydrogens is 194 g/mol. The molecule has 0 bridgehead atoms. The zero-order valence-electron chi connectivity index (χ0n) is 11.2. The number of hydrogen-bond donors (Lipinski definition) is 1. The molecule has 1 saturated carbocycles. The van der Waals surface area contributed by atoms with Crippen molar-refractivity contribution in [3.8, 4) is 0 Å². The lowest BCUT2D eigenvalue weighted by molar-refractivity contribution is 0.121. The second-order valence-corrected chi connectivity index (χ2v) is 6.12. The van der Waals surface area contributed by atoms with Gasteiger partial charge in [-0.3, -0.25) is 0 Å². The van der Waals surface area contributed by atoms with Crippen LogP contribution in [0.3, 0.4) is 0 Å². The van der Waals surface area contributed by atoms with Gasteiger partial charge in [0, 0.05) is 12.1 Å². The first kappa shape index (κ1) is 12.4. The highest BCUT2D eigenvalue weighted by Gasteiger charge is 2.35. The lowest BCUT2D eigenvalue weighted by Gasteiger charge is -2.44. The highest BCUT2D eigenvalue weighted by Crippen LogP contribution is 2.37. The first-order valence-electron chi connectivity index (χ1n) is 7.57. The van der Waals surface area contributed by atoms with Crippen LogP contribution in [0.2, 0.25) is 0 Å². The molecular formula is C15H29N. The van der Waals surface area contributed by atoms with Gasteiger partial charge in [-0.1, -0.05) is 46.0 Å². The summed E-state index contributed by atoms with van der Waals surface area (Å²) in [4.78, 5) is 0. The fraction of sp³-hybridized carbons (Fsp3) is 1.00. The molecule has 1 saturated heterocycles. The number of hydrogen-bond acceptors (Lipinski definition) is 1. The van der Waals surface area contributed by atoms with Crippen molar-refractivity contribution in [2.45, 2.75) is 83.7 Å². The van der Waals surface area contributed by atoms with Crippen molar-refractivity contribution in [1.82, 2.24) is 5.32 Å². The van der Waals surface area contributed by atoms with E-state index in [2.05, 4.69) is 19.2 Å². The summed E-state index contributed by atoms with van der Waals surface area (Å²) in [5, 5.41) is 3.94. The Morgan fingerprint density at radius 1 is 1.06 bits per heavy atom. The molecule has 1 aliphatic heterocycles. The van der Waals surface area contributed by atoms with Crippen molar-refractivity contribution in [2.75, 3.05) is 0 Å². The van der Waals surface area contributed by atoms with Crippen LogP contribution in [-0.2, 0) is 0 Å². The molecule has 2 aliphatic rings. The zero-order valence-corrected chi connectivity index (χ0v) is 11.2. The predicted octanol–water partition coefficient (Wildman–Crippen LogP) is 4.12. The van der Waals surface area contributed by atoms with Gasteiger partial charge >= 0.3 is 0 Å². The van der Waals surface area contributed by atoms with Crippen molar-refractivity contribution in [2.24, 2.45) is 11.8 Å². The van der Waals surface area contributed by atoms with E-state index in [0.29, 0.717) is 0 Å². The molecule has 94 valence electrons. The van der Waals surface area contributed by atoms with Gasteiger partial charge in [0.1, 0.15) is 0 Å². The second kappa shape index (κ2) is 6.05. The fourth-order valence-electron chi connectivity index (χ4n) is 3.83. The Labute approximate surface area is 101 Å². The molecule has 4 atom stereocenters. The van der Waals surface area contributed by atoms with E-state index in [9.17, 15) is 0 Å². The Morgan fingerprint density at radius 2 is 1.94 bits per heavy atom. The topological polar surface area (TPSA) is 12.0 Å². The van der Waals surface area contributed by atoms with Crippen LogP contribution in [0, 0.1) is 11.8 Å². The monoisotopic (exact) mass is 223 g/mol. The first-order valence-corrected chi connectivity index (χ1v) is 7.57. The van der Waals surface area contributed by atoms with Crippen molar-refractivity contribution in [3.05, 3.63) is 0 Å². The first-order chi connectivity index (χ1) is 7.81. The van der Waals surface area contributed by atoms with Gasteiger partial charge < -0.3 is 5.32 Å². The van der Waals surface area contributed by atoms with E-state index >= 15 is 0 Å². The second-order valence-electron chi connectivity index (χ2n) is 6.12. The highest BCUT2D eigenvalue weighted by molar-refractivity contribution is 4.91. The molecule has 2 fully saturated rings. The Hall–Kier alpha value is -0.0400. The molecule has 1 nitrogen and oxygen atoms in total. The Balaban J connectivity index is 1.76. The number of fused-ring (bicyclic) bond motifs is 1. The summed E-state index contributed by atoms with van der Waals surface area (Å²) in [5.74, 6) is 1.97. The third kappa shape index (κ3) is 3.00. The fourth-order valence-corrected chi connectivity index (χ4v) is 3.83. The van der Waals surface area contributed by atoms with Gasteiger partial charge in [-0.05, 0) is 37.5 Å². The molecule has 1 N–H and O–H groups in total. The van der Waals surface area contributed by atoms with E-state index in [1.165, 1.54) is 57.8 Å². The summed E-state index contributed by atoms with van der Waals surface area (Å²) in [6, 6.07) is 1.71. The van der Waals surface area contributed by atoms with E-state index in [4.69, 9.17) is 0 Å². The Bertz CT molecular complexity index is 202. The minimum atomic E-state index is 0.845. The van der Waals surface area contributed by atoms with Crippen molar-refractivity contribution in [1.29, 1.82) is 0 Å². The van der Waals surface area contributed by atoms with Crippen LogP contribution in [0.1, 0.15) is 71.6 Å². The molecule has 0 aromatic heterocycles. The van der Waals surface area contributed by atoms with Gasteiger partial charge in [-0.2, -0.15) is 0 Å². The molecule has 1 heteroatoms. The normalized spacial score (nSPS) is 39.4. The maximum atomic E-state index is 3.94. The Morgan fingerprint density at radius 3 is 2.75 bits per heavy atom. The summed E-state index contributed by atoms with van der Waals surface area (Å²) in [5.41, 5.74) is 0. The van der Waals surface area contributed by atoms with Gasteiger partial charge in [0.05, 0.1) is 0 Å². The summed E-state index contributed by atoms with van der Waals surface area (Å²) >= 11 is 0. The summed E-state index contributed by atoms with van der Waals surface area (Å²) in [6.07, 6.45) is 12.9. The smallest absolute Gasteiger partial charge is 0.0100 e. The molecule has 1 aliphatic carbocycles. The molecule has 2 rings (SSSR count). The van der Waals surface area contributed by atoms with Crippen LogP contribution in [0.5, 0.6) is 0 Å². The van der Waals surface area contributed by atoms with Gasteiger partial charge in [-0.25, -0.2) is 0 Å². The molecule has 0 radical (unpaired) electrons. The van der Waals surface area contributed by atoms with Crippen LogP contribution in [-0.4, -0.2) is 12.1 Å². The van der Waals surface area contributed by atoms with Gasteiger partial charge in [-0.15, -0.1) is 0 Å². The minimum Gasteiger partial charge on any atom is -0.311 e. The van der Waals surface area contributed by atoms with Gasteiger partial charge in [0.2, 0.25) is 0 Å². The lowest BCUT2D eigenvalue weighted by Crippen LogP contribution is -2.51. The number of rotatable bonds is 4. The maximum absolute atomic E-state index is 3.94. The number of nitrogens with one attached hydrogen (secondary N) is 1. The van der Waals surface area contributed by atoms with Crippen LogP contribution >= 0.6 is 0 Å². The molecule has 0 aromatic carbocycles. The van der Waals surface area contributed by atoms with Gasteiger partial charge in [0.15, 0.2) is 0 Å². The summed E-state index contributed by atoms with van der Waals surface area (Å²) < 4.78 is 0. The van der Waals surface area contributed by atoms with Crippen molar-refractivity contribution < 1.29 is 0 Å². The lowest BCUT2D eigenvalue weighted by atomic mass is 9.71. The number of unbranched alkanes of at least 4 members (excludes halogenated alkanes) is 2. The molecule has 0 spiro atoms. The SMILES string of the molecule is CCCCCC1CCC2C(C)CCCC2N1. The number of piperidine rings is 1. The predicted molar refractivity (Wildman–Crippen MR) is 70.6 cm³/mol. The van der Waals surface area contributed by atoms with Crippen LogP contribution in [0.15, 0.2) is 0 Å². The largest absolute Gasteiger partial charge is 0.311 e. The molecule has 4 unspecified atom stereocenters. The quantitative estimate of drug-likeness (QED) is 0.707. The van der Waals surface area contributed by atoms with E-state index in [0.717, 1.165) is 23.9 Å². The average molecular weight is 223 g/mol. The molecule has 16 heavy (non-hydrogen) atoms. The van der Waals surface area contributed by atoms with Crippen LogP contribution in [0.25, 0.3) is 0 Å². The van der Waals surface area contributed by atoms with Crippen molar-refractivity contribution in [3.63, 3.8) is 0 Å². The summed E-state index contributed by atoms with van der Waals surface area (Å²) in [6.45, 7) is 4.77. The Kier molecular flexibility index (Phi) is 4.69. The zero-order chi connectivity index (χ0) is 11.4. The van der Waals surface area contributed by atoms with E-state index in [1.807, 2.05) is 0 Å². The average Bonchev–Trinajstić information content (AvgIpc) is 2.30.